The van der Waals surface area contributed by atoms with Gasteiger partial charge in [0.15, 0.2) is 0 Å². The van der Waals surface area contributed by atoms with Crippen LogP contribution in [0.3, 0.4) is 0 Å². The standard InChI is InChI=1S/C23H24N2O6S/c1-29-20-13-14-22(30-2)21(15-20)24-23(26)16-25(32(3,27)28)17-9-11-19(12-10-17)31-18-7-5-4-6-8-18/h4-15H,16H2,1-3H3,(H,24,26). The number of carbonyl (C=O) groups is 1. The Labute approximate surface area is 187 Å². The zero-order valence-corrected chi connectivity index (χ0v) is 18.8. The van der Waals surface area contributed by atoms with Crippen LogP contribution in [0.4, 0.5) is 11.4 Å². The molecule has 3 rings (SSSR count). The predicted molar refractivity (Wildman–Crippen MR) is 123 cm³/mol. The van der Waals surface area contributed by atoms with E-state index in [4.69, 9.17) is 14.2 Å². The molecule has 0 bridgehead atoms. The minimum Gasteiger partial charge on any atom is -0.497 e. The molecule has 3 aromatic rings. The smallest absolute Gasteiger partial charge is 0.245 e. The molecule has 168 valence electrons. The normalized spacial score (nSPS) is 10.8. The average molecular weight is 457 g/mol. The summed E-state index contributed by atoms with van der Waals surface area (Å²) >= 11 is 0. The number of sulfonamides is 1. The Balaban J connectivity index is 1.77. The fourth-order valence-electron chi connectivity index (χ4n) is 2.94. The second-order valence-electron chi connectivity index (χ2n) is 6.79. The Kier molecular flexibility index (Phi) is 7.21. The van der Waals surface area contributed by atoms with Gasteiger partial charge in [0.05, 0.1) is 31.9 Å². The number of rotatable bonds is 9. The molecule has 0 saturated carbocycles. The molecule has 0 aliphatic carbocycles. The highest BCUT2D eigenvalue weighted by molar-refractivity contribution is 7.92. The first-order chi connectivity index (χ1) is 15.3. The zero-order valence-electron chi connectivity index (χ0n) is 17.9. The molecule has 1 N–H and O–H groups in total. The SMILES string of the molecule is COc1ccc(OC)c(NC(=O)CN(c2ccc(Oc3ccccc3)cc2)S(C)(=O)=O)c1. The first kappa shape index (κ1) is 23.0. The minimum atomic E-state index is -3.73. The quantitative estimate of drug-likeness (QED) is 0.525. The Morgan fingerprint density at radius 3 is 2.09 bits per heavy atom. The number of ether oxygens (including phenoxy) is 3. The number of methoxy groups -OCH3 is 2. The largest absolute Gasteiger partial charge is 0.497 e. The second-order valence-corrected chi connectivity index (χ2v) is 8.70. The van der Waals surface area contributed by atoms with E-state index in [0.717, 1.165) is 10.6 Å². The molecular weight excluding hydrogens is 432 g/mol. The molecular formula is C23H24N2O6S. The number of carbonyl (C=O) groups excluding carboxylic acids is 1. The average Bonchev–Trinajstić information content (AvgIpc) is 2.78. The highest BCUT2D eigenvalue weighted by Gasteiger charge is 2.22. The molecule has 8 nitrogen and oxygen atoms in total. The summed E-state index contributed by atoms with van der Waals surface area (Å²) in [5, 5.41) is 2.68. The molecule has 0 heterocycles. The van der Waals surface area contributed by atoms with E-state index in [1.54, 1.807) is 42.5 Å². The molecule has 9 heteroatoms. The van der Waals surface area contributed by atoms with Gasteiger partial charge in [-0.2, -0.15) is 0 Å². The van der Waals surface area contributed by atoms with Crippen molar-refractivity contribution in [2.45, 2.75) is 0 Å². The molecule has 3 aromatic carbocycles. The highest BCUT2D eigenvalue weighted by Crippen LogP contribution is 2.29. The van der Waals surface area contributed by atoms with Crippen LogP contribution in [-0.4, -0.2) is 41.3 Å². The van der Waals surface area contributed by atoms with E-state index >= 15 is 0 Å². The molecule has 0 aromatic heterocycles. The summed E-state index contributed by atoms with van der Waals surface area (Å²) in [6.45, 7) is -0.419. The second kappa shape index (κ2) is 10.1. The van der Waals surface area contributed by atoms with Crippen LogP contribution in [0.1, 0.15) is 0 Å². The van der Waals surface area contributed by atoms with Gasteiger partial charge in [-0.15, -0.1) is 0 Å². The van der Waals surface area contributed by atoms with Gasteiger partial charge in [0, 0.05) is 6.07 Å². The van der Waals surface area contributed by atoms with Crippen LogP contribution in [0.5, 0.6) is 23.0 Å². The van der Waals surface area contributed by atoms with Crippen LogP contribution in [0, 0.1) is 0 Å². The van der Waals surface area contributed by atoms with Gasteiger partial charge in [0.2, 0.25) is 15.9 Å². The van der Waals surface area contributed by atoms with Crippen molar-refractivity contribution in [1.29, 1.82) is 0 Å². The van der Waals surface area contributed by atoms with E-state index in [2.05, 4.69) is 5.32 Å². The topological polar surface area (TPSA) is 94.2 Å². The fourth-order valence-corrected chi connectivity index (χ4v) is 3.79. The van der Waals surface area contributed by atoms with Gasteiger partial charge >= 0.3 is 0 Å². The van der Waals surface area contributed by atoms with Gasteiger partial charge in [0.1, 0.15) is 29.5 Å². The van der Waals surface area contributed by atoms with Crippen molar-refractivity contribution in [2.75, 3.05) is 36.6 Å². The van der Waals surface area contributed by atoms with Crippen molar-refractivity contribution in [3.8, 4) is 23.0 Å². The molecule has 0 aliphatic rings. The Bertz CT molecular complexity index is 1160. The molecule has 0 saturated heterocycles. The lowest BCUT2D eigenvalue weighted by atomic mass is 10.2. The molecule has 0 spiro atoms. The van der Waals surface area contributed by atoms with Gasteiger partial charge in [0.25, 0.3) is 0 Å². The maximum absolute atomic E-state index is 12.7. The van der Waals surface area contributed by atoms with Gasteiger partial charge in [-0.25, -0.2) is 8.42 Å². The summed E-state index contributed by atoms with van der Waals surface area (Å²) in [7, 11) is -0.754. The van der Waals surface area contributed by atoms with Gasteiger partial charge in [-0.1, -0.05) is 18.2 Å². The van der Waals surface area contributed by atoms with Gasteiger partial charge in [-0.3, -0.25) is 9.10 Å². The highest BCUT2D eigenvalue weighted by atomic mass is 32.2. The summed E-state index contributed by atoms with van der Waals surface area (Å²) in [5.74, 6) is 1.61. The summed E-state index contributed by atoms with van der Waals surface area (Å²) < 4.78 is 41.9. The number of nitrogens with zero attached hydrogens (tertiary/aromatic N) is 1. The number of para-hydroxylation sites is 1. The maximum Gasteiger partial charge on any atom is 0.245 e. The number of anilines is 2. The molecule has 0 aliphatic heterocycles. The lowest BCUT2D eigenvalue weighted by Gasteiger charge is -2.22. The number of nitrogens with one attached hydrogen (secondary N) is 1. The van der Waals surface area contributed by atoms with Crippen molar-refractivity contribution >= 4 is 27.3 Å². The Morgan fingerprint density at radius 1 is 0.875 bits per heavy atom. The van der Waals surface area contributed by atoms with Crippen LogP contribution < -0.4 is 23.8 Å². The number of amides is 1. The van der Waals surface area contributed by atoms with E-state index < -0.39 is 22.5 Å². The molecule has 32 heavy (non-hydrogen) atoms. The third-order valence-corrected chi connectivity index (χ3v) is 5.61. The molecule has 0 unspecified atom stereocenters. The maximum atomic E-state index is 12.7. The predicted octanol–water partition coefficient (Wildman–Crippen LogP) is 3.90. The summed E-state index contributed by atoms with van der Waals surface area (Å²) in [4.78, 5) is 12.7. The third kappa shape index (κ3) is 5.92. The van der Waals surface area contributed by atoms with Crippen molar-refractivity contribution in [3.63, 3.8) is 0 Å². The van der Waals surface area contributed by atoms with Crippen LogP contribution in [0.2, 0.25) is 0 Å². The molecule has 0 atom stereocenters. The van der Waals surface area contributed by atoms with Crippen molar-refractivity contribution in [1.82, 2.24) is 0 Å². The third-order valence-electron chi connectivity index (χ3n) is 4.47. The lowest BCUT2D eigenvalue weighted by molar-refractivity contribution is -0.114. The Morgan fingerprint density at radius 2 is 1.50 bits per heavy atom. The number of hydrogen-bond donors (Lipinski definition) is 1. The van der Waals surface area contributed by atoms with E-state index in [9.17, 15) is 13.2 Å². The van der Waals surface area contributed by atoms with E-state index in [0.29, 0.717) is 34.4 Å². The zero-order chi connectivity index (χ0) is 23.1. The fraction of sp³-hybridized carbons (Fsp3) is 0.174. The van der Waals surface area contributed by atoms with E-state index in [1.165, 1.54) is 14.2 Å². The van der Waals surface area contributed by atoms with Crippen LogP contribution >= 0.6 is 0 Å². The molecule has 0 radical (unpaired) electrons. The van der Waals surface area contributed by atoms with E-state index in [1.807, 2.05) is 30.3 Å². The number of benzene rings is 3. The van der Waals surface area contributed by atoms with Crippen molar-refractivity contribution in [3.05, 3.63) is 72.8 Å². The summed E-state index contributed by atoms with van der Waals surface area (Å²) in [6.07, 6.45) is 1.04. The van der Waals surface area contributed by atoms with Crippen LogP contribution in [-0.2, 0) is 14.8 Å². The van der Waals surface area contributed by atoms with Crippen LogP contribution in [0.15, 0.2) is 72.8 Å². The first-order valence-electron chi connectivity index (χ1n) is 9.62. The van der Waals surface area contributed by atoms with Crippen molar-refractivity contribution in [2.24, 2.45) is 0 Å². The van der Waals surface area contributed by atoms with Gasteiger partial charge < -0.3 is 19.5 Å². The minimum absolute atomic E-state index is 0.334. The summed E-state index contributed by atoms with van der Waals surface area (Å²) in [5.41, 5.74) is 0.706. The molecule has 0 fully saturated rings. The monoisotopic (exact) mass is 456 g/mol. The number of hydrogen-bond acceptors (Lipinski definition) is 6. The van der Waals surface area contributed by atoms with Crippen molar-refractivity contribution < 1.29 is 27.4 Å². The summed E-state index contributed by atoms with van der Waals surface area (Å²) in [6, 6.07) is 20.6. The van der Waals surface area contributed by atoms with E-state index in [-0.39, 0.29) is 0 Å². The Hall–Kier alpha value is -3.72. The van der Waals surface area contributed by atoms with Crippen LogP contribution in [0.25, 0.3) is 0 Å². The first-order valence-corrected chi connectivity index (χ1v) is 11.5. The van der Waals surface area contributed by atoms with Gasteiger partial charge in [-0.05, 0) is 48.5 Å². The molecule has 1 amide bonds. The lowest BCUT2D eigenvalue weighted by Crippen LogP contribution is -2.37.